The van der Waals surface area contributed by atoms with Gasteiger partial charge in [0.2, 0.25) is 0 Å². The van der Waals surface area contributed by atoms with E-state index in [4.69, 9.17) is 0 Å². The topological polar surface area (TPSA) is 12.0 Å². The summed E-state index contributed by atoms with van der Waals surface area (Å²) in [5, 5.41) is 3.32. The van der Waals surface area contributed by atoms with Crippen LogP contribution in [0.5, 0.6) is 0 Å². The fourth-order valence-electron chi connectivity index (χ4n) is 2.01. The summed E-state index contributed by atoms with van der Waals surface area (Å²) in [7, 11) is 0. The Morgan fingerprint density at radius 3 is 2.33 bits per heavy atom. The Kier molecular flexibility index (Phi) is 4.35. The standard InChI is InChI=1S/C16H18FN/c1-2-7-13-8-4-6-11-16(13)18-12-14-9-3-5-10-15(14)17/h3-6,8-11,18H,2,7,12H2,1H3. The minimum Gasteiger partial charge on any atom is -0.381 e. The van der Waals surface area contributed by atoms with Gasteiger partial charge in [-0.2, -0.15) is 0 Å². The number of hydrogen-bond acceptors (Lipinski definition) is 1. The number of anilines is 1. The van der Waals surface area contributed by atoms with Gasteiger partial charge in [0, 0.05) is 17.8 Å². The minimum absolute atomic E-state index is 0.155. The first kappa shape index (κ1) is 12.6. The van der Waals surface area contributed by atoms with Gasteiger partial charge in [-0.3, -0.25) is 0 Å². The third-order valence-corrected chi connectivity index (χ3v) is 2.96. The van der Waals surface area contributed by atoms with E-state index in [2.05, 4.69) is 18.3 Å². The second-order valence-corrected chi connectivity index (χ2v) is 4.35. The van der Waals surface area contributed by atoms with Gasteiger partial charge in [0.1, 0.15) is 5.82 Å². The second kappa shape index (κ2) is 6.20. The quantitative estimate of drug-likeness (QED) is 0.821. The largest absolute Gasteiger partial charge is 0.381 e. The lowest BCUT2D eigenvalue weighted by Gasteiger charge is -2.11. The van der Waals surface area contributed by atoms with Crippen LogP contribution in [0.1, 0.15) is 24.5 Å². The highest BCUT2D eigenvalue weighted by molar-refractivity contribution is 5.51. The number of benzene rings is 2. The van der Waals surface area contributed by atoms with Gasteiger partial charge in [0.15, 0.2) is 0 Å². The molecule has 0 fully saturated rings. The fraction of sp³-hybridized carbons (Fsp3) is 0.250. The van der Waals surface area contributed by atoms with Gasteiger partial charge >= 0.3 is 0 Å². The lowest BCUT2D eigenvalue weighted by molar-refractivity contribution is 0.613. The lowest BCUT2D eigenvalue weighted by atomic mass is 10.1. The van der Waals surface area contributed by atoms with E-state index in [0.29, 0.717) is 12.1 Å². The molecule has 0 amide bonds. The Labute approximate surface area is 108 Å². The van der Waals surface area contributed by atoms with E-state index in [1.54, 1.807) is 6.07 Å². The Bertz CT molecular complexity index is 508. The van der Waals surface area contributed by atoms with Gasteiger partial charge in [-0.05, 0) is 24.1 Å². The van der Waals surface area contributed by atoms with Crippen LogP contribution in [-0.2, 0) is 13.0 Å². The molecule has 0 radical (unpaired) electrons. The summed E-state index contributed by atoms with van der Waals surface area (Å²) in [5.74, 6) is -0.155. The van der Waals surface area contributed by atoms with Crippen molar-refractivity contribution in [3.63, 3.8) is 0 Å². The molecule has 2 aromatic rings. The van der Waals surface area contributed by atoms with Gasteiger partial charge in [-0.25, -0.2) is 4.39 Å². The molecule has 0 bridgehead atoms. The molecule has 94 valence electrons. The molecule has 0 atom stereocenters. The van der Waals surface area contributed by atoms with Crippen molar-refractivity contribution in [3.05, 3.63) is 65.5 Å². The molecule has 0 aromatic heterocycles. The minimum atomic E-state index is -0.155. The van der Waals surface area contributed by atoms with Crippen LogP contribution in [-0.4, -0.2) is 0 Å². The van der Waals surface area contributed by atoms with Gasteiger partial charge in [-0.1, -0.05) is 49.7 Å². The van der Waals surface area contributed by atoms with E-state index in [1.807, 2.05) is 30.3 Å². The molecule has 2 heteroatoms. The van der Waals surface area contributed by atoms with Crippen LogP contribution < -0.4 is 5.32 Å². The molecule has 0 spiro atoms. The van der Waals surface area contributed by atoms with Crippen molar-refractivity contribution in [3.8, 4) is 0 Å². The molecule has 2 rings (SSSR count). The number of hydrogen-bond donors (Lipinski definition) is 1. The highest BCUT2D eigenvalue weighted by atomic mass is 19.1. The predicted molar refractivity (Wildman–Crippen MR) is 74.2 cm³/mol. The number of nitrogens with one attached hydrogen (secondary N) is 1. The number of halogens is 1. The number of rotatable bonds is 5. The van der Waals surface area contributed by atoms with Gasteiger partial charge in [0.25, 0.3) is 0 Å². The predicted octanol–water partition coefficient (Wildman–Crippen LogP) is 4.39. The molecule has 2 aromatic carbocycles. The molecule has 0 saturated carbocycles. The smallest absolute Gasteiger partial charge is 0.128 e. The van der Waals surface area contributed by atoms with E-state index in [9.17, 15) is 4.39 Å². The van der Waals surface area contributed by atoms with Crippen molar-refractivity contribution in [2.45, 2.75) is 26.3 Å². The van der Waals surface area contributed by atoms with Crippen LogP contribution in [0.25, 0.3) is 0 Å². The van der Waals surface area contributed by atoms with Crippen LogP contribution in [0.3, 0.4) is 0 Å². The molecule has 0 aliphatic carbocycles. The molecule has 1 N–H and O–H groups in total. The van der Waals surface area contributed by atoms with Crippen molar-refractivity contribution < 1.29 is 4.39 Å². The Balaban J connectivity index is 2.08. The maximum atomic E-state index is 13.5. The number of aryl methyl sites for hydroxylation is 1. The van der Waals surface area contributed by atoms with Crippen molar-refractivity contribution in [1.82, 2.24) is 0 Å². The highest BCUT2D eigenvalue weighted by Gasteiger charge is 2.03. The maximum Gasteiger partial charge on any atom is 0.128 e. The molecule has 1 nitrogen and oxygen atoms in total. The van der Waals surface area contributed by atoms with Crippen LogP contribution in [0, 0.1) is 5.82 Å². The van der Waals surface area contributed by atoms with E-state index in [-0.39, 0.29) is 5.82 Å². The maximum absolute atomic E-state index is 13.5. The lowest BCUT2D eigenvalue weighted by Crippen LogP contribution is -2.04. The zero-order chi connectivity index (χ0) is 12.8. The summed E-state index contributed by atoms with van der Waals surface area (Å²) < 4.78 is 13.5. The molecular weight excluding hydrogens is 225 g/mol. The first-order chi connectivity index (χ1) is 8.81. The van der Waals surface area contributed by atoms with Crippen molar-refractivity contribution in [2.24, 2.45) is 0 Å². The average molecular weight is 243 g/mol. The summed E-state index contributed by atoms with van der Waals surface area (Å²) in [4.78, 5) is 0. The average Bonchev–Trinajstić information content (AvgIpc) is 2.40. The molecule has 0 unspecified atom stereocenters. The Morgan fingerprint density at radius 2 is 1.61 bits per heavy atom. The third kappa shape index (κ3) is 3.10. The molecule has 0 heterocycles. The zero-order valence-corrected chi connectivity index (χ0v) is 10.6. The van der Waals surface area contributed by atoms with Crippen molar-refractivity contribution in [2.75, 3.05) is 5.32 Å². The SMILES string of the molecule is CCCc1ccccc1NCc1ccccc1F. The van der Waals surface area contributed by atoms with Crippen molar-refractivity contribution >= 4 is 5.69 Å². The summed E-state index contributed by atoms with van der Waals surface area (Å²) in [6, 6.07) is 15.1. The van der Waals surface area contributed by atoms with E-state index in [0.717, 1.165) is 18.5 Å². The highest BCUT2D eigenvalue weighted by Crippen LogP contribution is 2.18. The Hall–Kier alpha value is -1.83. The summed E-state index contributed by atoms with van der Waals surface area (Å²) in [6.45, 7) is 2.68. The molecular formula is C16H18FN. The molecule has 0 saturated heterocycles. The normalized spacial score (nSPS) is 10.3. The van der Waals surface area contributed by atoms with Crippen LogP contribution in [0.15, 0.2) is 48.5 Å². The van der Waals surface area contributed by atoms with E-state index < -0.39 is 0 Å². The van der Waals surface area contributed by atoms with Gasteiger partial charge < -0.3 is 5.32 Å². The van der Waals surface area contributed by atoms with Crippen molar-refractivity contribution in [1.29, 1.82) is 0 Å². The molecule has 0 aliphatic heterocycles. The van der Waals surface area contributed by atoms with Crippen LogP contribution >= 0.6 is 0 Å². The summed E-state index contributed by atoms with van der Waals surface area (Å²) >= 11 is 0. The second-order valence-electron chi connectivity index (χ2n) is 4.35. The zero-order valence-electron chi connectivity index (χ0n) is 10.6. The molecule has 18 heavy (non-hydrogen) atoms. The first-order valence-corrected chi connectivity index (χ1v) is 6.36. The van der Waals surface area contributed by atoms with E-state index >= 15 is 0 Å². The Morgan fingerprint density at radius 1 is 0.944 bits per heavy atom. The molecule has 0 aliphatic rings. The number of para-hydroxylation sites is 1. The van der Waals surface area contributed by atoms with Gasteiger partial charge in [0.05, 0.1) is 0 Å². The van der Waals surface area contributed by atoms with Gasteiger partial charge in [-0.15, -0.1) is 0 Å². The summed E-state index contributed by atoms with van der Waals surface area (Å²) in [5.41, 5.74) is 3.09. The summed E-state index contributed by atoms with van der Waals surface area (Å²) in [6.07, 6.45) is 2.15. The van der Waals surface area contributed by atoms with E-state index in [1.165, 1.54) is 11.6 Å². The monoisotopic (exact) mass is 243 g/mol. The van der Waals surface area contributed by atoms with Crippen LogP contribution in [0.4, 0.5) is 10.1 Å². The first-order valence-electron chi connectivity index (χ1n) is 6.36. The fourth-order valence-corrected chi connectivity index (χ4v) is 2.01. The third-order valence-electron chi connectivity index (χ3n) is 2.96. The van der Waals surface area contributed by atoms with Crippen LogP contribution in [0.2, 0.25) is 0 Å².